The maximum Gasteiger partial charge on any atom is 0.251 e. The lowest BCUT2D eigenvalue weighted by molar-refractivity contribution is 0.0954. The molecule has 26 heavy (non-hydrogen) atoms. The van der Waals surface area contributed by atoms with Crippen molar-refractivity contribution >= 4 is 22.5 Å². The summed E-state index contributed by atoms with van der Waals surface area (Å²) in [7, 11) is 0. The molecular formula is C21H24N4O. The van der Waals surface area contributed by atoms with Crippen LogP contribution in [-0.4, -0.2) is 23.5 Å². The number of nitrogens with two attached hydrogens (primary N) is 2. The van der Waals surface area contributed by atoms with Gasteiger partial charge in [-0.3, -0.25) is 4.79 Å². The smallest absolute Gasteiger partial charge is 0.251 e. The van der Waals surface area contributed by atoms with Crippen LogP contribution in [0, 0.1) is 0 Å². The highest BCUT2D eigenvalue weighted by Gasteiger charge is 2.20. The number of aromatic nitrogens is 1. The van der Waals surface area contributed by atoms with Crippen LogP contribution in [-0.2, 0) is 19.3 Å². The zero-order valence-electron chi connectivity index (χ0n) is 14.7. The van der Waals surface area contributed by atoms with Crippen molar-refractivity contribution in [1.82, 2.24) is 10.3 Å². The van der Waals surface area contributed by atoms with Crippen LogP contribution >= 0.6 is 0 Å². The summed E-state index contributed by atoms with van der Waals surface area (Å²) in [6.45, 7) is 0.594. The second kappa shape index (κ2) is 6.84. The first-order valence-corrected chi connectivity index (χ1v) is 9.12. The highest BCUT2D eigenvalue weighted by molar-refractivity contribution is 5.99. The molecule has 1 aliphatic carbocycles. The number of hydrogen-bond donors (Lipinski definition) is 4. The Hall–Kier alpha value is -2.79. The van der Waals surface area contributed by atoms with E-state index in [0.29, 0.717) is 12.1 Å². The summed E-state index contributed by atoms with van der Waals surface area (Å²) in [5, 5.41) is 4.13. The molecule has 1 heterocycles. The van der Waals surface area contributed by atoms with Crippen molar-refractivity contribution in [3.05, 3.63) is 64.8 Å². The summed E-state index contributed by atoms with van der Waals surface area (Å²) in [6.07, 6.45) is 3.65. The van der Waals surface area contributed by atoms with E-state index in [4.69, 9.17) is 11.5 Å². The van der Waals surface area contributed by atoms with Crippen LogP contribution in [0.2, 0.25) is 0 Å². The molecule has 1 aromatic heterocycles. The third-order valence-corrected chi connectivity index (χ3v) is 5.17. The SMILES string of the molecule is Nc1ccc(CCNC(=O)c2ccc3[nH]c4c(c3c2)CC(N)CC4)cc1. The van der Waals surface area contributed by atoms with Gasteiger partial charge in [-0.1, -0.05) is 12.1 Å². The van der Waals surface area contributed by atoms with Gasteiger partial charge in [-0.2, -0.15) is 0 Å². The largest absolute Gasteiger partial charge is 0.399 e. The molecule has 4 rings (SSSR count). The number of rotatable bonds is 4. The lowest BCUT2D eigenvalue weighted by Crippen LogP contribution is -2.27. The predicted molar refractivity (Wildman–Crippen MR) is 105 cm³/mol. The number of nitrogens with one attached hydrogen (secondary N) is 2. The minimum absolute atomic E-state index is 0.0441. The van der Waals surface area contributed by atoms with Crippen LogP contribution in [0.15, 0.2) is 42.5 Å². The molecule has 0 aliphatic heterocycles. The van der Waals surface area contributed by atoms with Crippen molar-refractivity contribution in [3.63, 3.8) is 0 Å². The summed E-state index contributed by atoms with van der Waals surface area (Å²) in [4.78, 5) is 16.0. The number of benzene rings is 2. The molecule has 134 valence electrons. The average molecular weight is 348 g/mol. The molecule has 1 aliphatic rings. The Balaban J connectivity index is 1.46. The molecule has 6 N–H and O–H groups in total. The summed E-state index contributed by atoms with van der Waals surface area (Å²) < 4.78 is 0. The maximum atomic E-state index is 12.5. The highest BCUT2D eigenvalue weighted by Crippen LogP contribution is 2.29. The third kappa shape index (κ3) is 3.30. The standard InChI is InChI=1S/C21H24N4O/c22-15-4-1-13(2-5-15)9-10-24-21(26)14-3-7-19-17(11-14)18-12-16(23)6-8-20(18)25-19/h1-5,7,11,16,25H,6,8-10,12,22-23H2,(H,24,26). The van der Waals surface area contributed by atoms with Crippen LogP contribution in [0.5, 0.6) is 0 Å². The number of fused-ring (bicyclic) bond motifs is 3. The molecule has 0 saturated carbocycles. The fourth-order valence-electron chi connectivity index (χ4n) is 3.69. The normalized spacial score (nSPS) is 16.4. The third-order valence-electron chi connectivity index (χ3n) is 5.17. The molecule has 2 aromatic carbocycles. The fourth-order valence-corrected chi connectivity index (χ4v) is 3.69. The zero-order chi connectivity index (χ0) is 18.1. The molecule has 5 nitrogen and oxygen atoms in total. The van der Waals surface area contributed by atoms with Gasteiger partial charge in [0.2, 0.25) is 0 Å². The van der Waals surface area contributed by atoms with E-state index in [0.717, 1.165) is 47.8 Å². The van der Waals surface area contributed by atoms with Gasteiger partial charge in [-0.05, 0) is 67.1 Å². The van der Waals surface area contributed by atoms with Crippen LogP contribution in [0.4, 0.5) is 5.69 Å². The summed E-state index contributed by atoms with van der Waals surface area (Å²) in [5.74, 6) is -0.0441. The van der Waals surface area contributed by atoms with Gasteiger partial charge in [0.25, 0.3) is 5.91 Å². The van der Waals surface area contributed by atoms with Crippen molar-refractivity contribution < 1.29 is 4.79 Å². The molecule has 0 bridgehead atoms. The molecular weight excluding hydrogens is 324 g/mol. The molecule has 0 saturated heterocycles. The Morgan fingerprint density at radius 3 is 2.81 bits per heavy atom. The van der Waals surface area contributed by atoms with E-state index in [1.165, 1.54) is 11.3 Å². The molecule has 5 heteroatoms. The van der Waals surface area contributed by atoms with Gasteiger partial charge in [0.15, 0.2) is 0 Å². The Morgan fingerprint density at radius 1 is 1.19 bits per heavy atom. The summed E-state index contributed by atoms with van der Waals surface area (Å²) in [6, 6.07) is 13.8. The van der Waals surface area contributed by atoms with E-state index in [2.05, 4.69) is 10.3 Å². The quantitative estimate of drug-likeness (QED) is 0.546. The number of aryl methyl sites for hydroxylation is 1. The summed E-state index contributed by atoms with van der Waals surface area (Å²) >= 11 is 0. The first-order valence-electron chi connectivity index (χ1n) is 9.12. The molecule has 1 amide bonds. The van der Waals surface area contributed by atoms with E-state index in [9.17, 15) is 4.79 Å². The number of H-pyrrole nitrogens is 1. The predicted octanol–water partition coefficient (Wildman–Crippen LogP) is 2.54. The van der Waals surface area contributed by atoms with Crippen molar-refractivity contribution in [2.24, 2.45) is 5.73 Å². The Kier molecular flexibility index (Phi) is 4.39. The Bertz CT molecular complexity index is 943. The molecule has 0 spiro atoms. The Labute approximate surface area is 152 Å². The molecule has 0 radical (unpaired) electrons. The maximum absolute atomic E-state index is 12.5. The number of carbonyl (C=O) groups excluding carboxylic acids is 1. The minimum atomic E-state index is -0.0441. The van der Waals surface area contributed by atoms with Gasteiger partial charge in [0.1, 0.15) is 0 Å². The summed E-state index contributed by atoms with van der Waals surface area (Å²) in [5.41, 5.74) is 18.0. The number of hydrogen-bond acceptors (Lipinski definition) is 3. The second-order valence-electron chi connectivity index (χ2n) is 7.09. The molecule has 0 fully saturated rings. The molecule has 3 aromatic rings. The average Bonchev–Trinajstić information content (AvgIpc) is 3.00. The van der Waals surface area contributed by atoms with Gasteiger partial charge in [-0.25, -0.2) is 0 Å². The van der Waals surface area contributed by atoms with Crippen LogP contribution in [0.25, 0.3) is 10.9 Å². The molecule has 1 atom stereocenters. The number of anilines is 1. The van der Waals surface area contributed by atoms with Gasteiger partial charge in [0.05, 0.1) is 0 Å². The Morgan fingerprint density at radius 2 is 2.00 bits per heavy atom. The lowest BCUT2D eigenvalue weighted by Gasteiger charge is -2.18. The van der Waals surface area contributed by atoms with Gasteiger partial charge < -0.3 is 21.8 Å². The van der Waals surface area contributed by atoms with Crippen molar-refractivity contribution in [3.8, 4) is 0 Å². The van der Waals surface area contributed by atoms with Crippen molar-refractivity contribution in [2.45, 2.75) is 31.7 Å². The number of amides is 1. The fraction of sp³-hybridized carbons (Fsp3) is 0.286. The number of aromatic amines is 1. The van der Waals surface area contributed by atoms with Crippen LogP contribution in [0.3, 0.4) is 0 Å². The van der Waals surface area contributed by atoms with Gasteiger partial charge in [0, 0.05) is 40.4 Å². The first kappa shape index (κ1) is 16.7. The van der Waals surface area contributed by atoms with Crippen molar-refractivity contribution in [2.75, 3.05) is 12.3 Å². The topological polar surface area (TPSA) is 96.9 Å². The molecule has 1 unspecified atom stereocenters. The van der Waals surface area contributed by atoms with E-state index < -0.39 is 0 Å². The van der Waals surface area contributed by atoms with E-state index in [1.54, 1.807) is 0 Å². The van der Waals surface area contributed by atoms with E-state index in [1.807, 2.05) is 42.5 Å². The first-order chi connectivity index (χ1) is 12.6. The zero-order valence-corrected chi connectivity index (χ0v) is 14.7. The number of carbonyl (C=O) groups is 1. The van der Waals surface area contributed by atoms with E-state index in [-0.39, 0.29) is 11.9 Å². The van der Waals surface area contributed by atoms with Crippen LogP contribution in [0.1, 0.15) is 33.6 Å². The number of nitrogen functional groups attached to an aromatic ring is 1. The van der Waals surface area contributed by atoms with Crippen molar-refractivity contribution in [1.29, 1.82) is 0 Å². The minimum Gasteiger partial charge on any atom is -0.399 e. The van der Waals surface area contributed by atoms with E-state index >= 15 is 0 Å². The van der Waals surface area contributed by atoms with Crippen LogP contribution < -0.4 is 16.8 Å². The van der Waals surface area contributed by atoms with Gasteiger partial charge >= 0.3 is 0 Å². The monoisotopic (exact) mass is 348 g/mol. The van der Waals surface area contributed by atoms with Gasteiger partial charge in [-0.15, -0.1) is 0 Å². The lowest BCUT2D eigenvalue weighted by atomic mass is 9.92. The second-order valence-corrected chi connectivity index (χ2v) is 7.09. The highest BCUT2D eigenvalue weighted by atomic mass is 16.1.